The van der Waals surface area contributed by atoms with Gasteiger partial charge in [-0.15, -0.1) is 0 Å². The van der Waals surface area contributed by atoms with Crippen LogP contribution in [0.5, 0.6) is 0 Å². The van der Waals surface area contributed by atoms with Crippen LogP contribution in [-0.4, -0.2) is 15.0 Å². The Morgan fingerprint density at radius 3 is 2.52 bits per heavy atom. The maximum atomic E-state index is 13.1. The van der Waals surface area contributed by atoms with Crippen molar-refractivity contribution >= 4 is 11.2 Å². The topological polar surface area (TPSA) is 41.6 Å². The zero-order valence-corrected chi connectivity index (χ0v) is 13.3. The number of H-pyrrole nitrogens is 1. The quantitative estimate of drug-likeness (QED) is 0.714. The van der Waals surface area contributed by atoms with Crippen molar-refractivity contribution in [2.45, 2.75) is 44.9 Å². The molecule has 118 valence electrons. The van der Waals surface area contributed by atoms with Gasteiger partial charge in [-0.05, 0) is 61.6 Å². The molecule has 3 aromatic rings. The van der Waals surface area contributed by atoms with Crippen molar-refractivity contribution in [3.8, 4) is 11.4 Å². The lowest BCUT2D eigenvalue weighted by atomic mass is 9.84. The van der Waals surface area contributed by atoms with Crippen molar-refractivity contribution in [2.24, 2.45) is 0 Å². The van der Waals surface area contributed by atoms with Gasteiger partial charge >= 0.3 is 0 Å². The Morgan fingerprint density at radius 2 is 1.78 bits per heavy atom. The van der Waals surface area contributed by atoms with E-state index in [0.29, 0.717) is 5.92 Å². The molecule has 0 spiro atoms. The number of imidazole rings is 1. The molecule has 3 nitrogen and oxygen atoms in total. The lowest BCUT2D eigenvalue weighted by Crippen LogP contribution is -2.06. The van der Waals surface area contributed by atoms with E-state index in [9.17, 15) is 4.39 Å². The minimum Gasteiger partial charge on any atom is -0.336 e. The number of hydrogen-bond donors (Lipinski definition) is 1. The number of aryl methyl sites for hydroxylation is 1. The fourth-order valence-electron chi connectivity index (χ4n) is 3.62. The predicted molar refractivity (Wildman–Crippen MR) is 89.8 cm³/mol. The number of pyridine rings is 1. The van der Waals surface area contributed by atoms with E-state index in [4.69, 9.17) is 0 Å². The van der Waals surface area contributed by atoms with Crippen LogP contribution in [-0.2, 0) is 0 Å². The van der Waals surface area contributed by atoms with Gasteiger partial charge < -0.3 is 4.98 Å². The highest BCUT2D eigenvalue weighted by atomic mass is 19.1. The van der Waals surface area contributed by atoms with E-state index >= 15 is 0 Å². The molecule has 2 aromatic heterocycles. The Labute approximate surface area is 135 Å². The fourth-order valence-corrected chi connectivity index (χ4v) is 3.62. The third-order valence-corrected chi connectivity index (χ3v) is 4.78. The number of rotatable bonds is 2. The monoisotopic (exact) mass is 309 g/mol. The summed E-state index contributed by atoms with van der Waals surface area (Å²) in [5.41, 5.74) is 5.05. The van der Waals surface area contributed by atoms with Gasteiger partial charge in [-0.2, -0.15) is 0 Å². The van der Waals surface area contributed by atoms with Crippen LogP contribution in [0.25, 0.3) is 22.6 Å². The number of benzene rings is 1. The van der Waals surface area contributed by atoms with Gasteiger partial charge in [-0.25, -0.2) is 14.4 Å². The number of fused-ring (bicyclic) bond motifs is 1. The number of aromatic amines is 1. The van der Waals surface area contributed by atoms with Gasteiger partial charge in [0.15, 0.2) is 5.65 Å². The fraction of sp³-hybridized carbons (Fsp3) is 0.368. The van der Waals surface area contributed by atoms with Gasteiger partial charge in [0, 0.05) is 11.3 Å². The zero-order chi connectivity index (χ0) is 15.8. The number of nitrogens with zero attached hydrogens (tertiary/aromatic N) is 2. The van der Waals surface area contributed by atoms with E-state index < -0.39 is 0 Å². The minimum atomic E-state index is -0.235. The molecule has 1 fully saturated rings. The molecule has 1 N–H and O–H groups in total. The van der Waals surface area contributed by atoms with Gasteiger partial charge in [-0.1, -0.05) is 19.3 Å². The molecule has 2 heterocycles. The molecule has 1 aromatic carbocycles. The molecule has 4 rings (SSSR count). The Kier molecular flexibility index (Phi) is 3.60. The number of aromatic nitrogens is 3. The van der Waals surface area contributed by atoms with E-state index in [0.717, 1.165) is 28.2 Å². The molecule has 0 bridgehead atoms. The zero-order valence-electron chi connectivity index (χ0n) is 13.3. The van der Waals surface area contributed by atoms with Crippen LogP contribution >= 0.6 is 0 Å². The summed E-state index contributed by atoms with van der Waals surface area (Å²) in [6.45, 7) is 2.03. The second kappa shape index (κ2) is 5.76. The molecule has 1 saturated carbocycles. The highest BCUT2D eigenvalue weighted by molar-refractivity contribution is 5.80. The molecule has 0 unspecified atom stereocenters. The van der Waals surface area contributed by atoms with Crippen LogP contribution < -0.4 is 0 Å². The second-order valence-corrected chi connectivity index (χ2v) is 6.48. The predicted octanol–water partition coefficient (Wildman–Crippen LogP) is 5.12. The number of nitrogens with one attached hydrogen (secondary N) is 1. The molecule has 0 atom stereocenters. The van der Waals surface area contributed by atoms with E-state index in [2.05, 4.69) is 21.0 Å². The summed E-state index contributed by atoms with van der Waals surface area (Å²) in [5, 5.41) is 0. The normalized spacial score (nSPS) is 16.1. The standard InChI is InChI=1S/C19H20FN3/c1-12-11-16(13-5-3-2-4-6-13)17-19(21-12)23-18(22-17)14-7-9-15(20)10-8-14/h7-11,13H,2-6H2,1H3,(H,21,22,23). The first-order valence-corrected chi connectivity index (χ1v) is 8.34. The largest absolute Gasteiger partial charge is 0.336 e. The first-order chi connectivity index (χ1) is 11.2. The van der Waals surface area contributed by atoms with Crippen molar-refractivity contribution in [3.05, 3.63) is 47.4 Å². The lowest BCUT2D eigenvalue weighted by Gasteiger charge is -2.22. The summed E-state index contributed by atoms with van der Waals surface area (Å²) >= 11 is 0. The van der Waals surface area contributed by atoms with Crippen LogP contribution in [0.15, 0.2) is 30.3 Å². The summed E-state index contributed by atoms with van der Waals surface area (Å²) in [6, 6.07) is 8.62. The Balaban J connectivity index is 1.82. The average molecular weight is 309 g/mol. The molecule has 0 amide bonds. The van der Waals surface area contributed by atoms with E-state index in [-0.39, 0.29) is 5.82 Å². The first-order valence-electron chi connectivity index (χ1n) is 8.34. The summed E-state index contributed by atoms with van der Waals surface area (Å²) in [5.74, 6) is 1.12. The molecule has 1 aliphatic rings. The van der Waals surface area contributed by atoms with Crippen molar-refractivity contribution in [2.75, 3.05) is 0 Å². The van der Waals surface area contributed by atoms with Crippen molar-refractivity contribution in [3.63, 3.8) is 0 Å². The van der Waals surface area contributed by atoms with Crippen LogP contribution in [0.3, 0.4) is 0 Å². The van der Waals surface area contributed by atoms with E-state index in [1.165, 1.54) is 49.8 Å². The van der Waals surface area contributed by atoms with Gasteiger partial charge in [-0.3, -0.25) is 0 Å². The third-order valence-electron chi connectivity index (χ3n) is 4.78. The summed E-state index contributed by atoms with van der Waals surface area (Å²) in [6.07, 6.45) is 6.42. The van der Waals surface area contributed by atoms with Crippen LogP contribution in [0, 0.1) is 12.7 Å². The first kappa shape index (κ1) is 14.4. The minimum absolute atomic E-state index is 0.235. The van der Waals surface area contributed by atoms with Gasteiger partial charge in [0.25, 0.3) is 0 Å². The Morgan fingerprint density at radius 1 is 1.04 bits per heavy atom. The molecule has 1 aliphatic carbocycles. The smallest absolute Gasteiger partial charge is 0.178 e. The average Bonchev–Trinajstić information content (AvgIpc) is 2.99. The summed E-state index contributed by atoms with van der Waals surface area (Å²) in [7, 11) is 0. The van der Waals surface area contributed by atoms with Crippen molar-refractivity contribution < 1.29 is 4.39 Å². The SMILES string of the molecule is Cc1cc(C2CCCCC2)c2[nH]c(-c3ccc(F)cc3)nc2n1. The molecule has 4 heteroatoms. The van der Waals surface area contributed by atoms with Crippen LogP contribution in [0.4, 0.5) is 4.39 Å². The Bertz CT molecular complexity index is 830. The lowest BCUT2D eigenvalue weighted by molar-refractivity contribution is 0.445. The van der Waals surface area contributed by atoms with Crippen LogP contribution in [0.1, 0.15) is 49.3 Å². The van der Waals surface area contributed by atoms with Gasteiger partial charge in [0.2, 0.25) is 0 Å². The molecule has 0 radical (unpaired) electrons. The van der Waals surface area contributed by atoms with Gasteiger partial charge in [0.1, 0.15) is 11.6 Å². The van der Waals surface area contributed by atoms with Crippen LogP contribution in [0.2, 0.25) is 0 Å². The third kappa shape index (κ3) is 2.74. The Hall–Kier alpha value is -2.23. The number of hydrogen-bond acceptors (Lipinski definition) is 2. The molecule has 23 heavy (non-hydrogen) atoms. The summed E-state index contributed by atoms with van der Waals surface area (Å²) in [4.78, 5) is 12.6. The molecular weight excluding hydrogens is 289 g/mol. The molecular formula is C19H20FN3. The highest BCUT2D eigenvalue weighted by Crippen LogP contribution is 2.36. The van der Waals surface area contributed by atoms with Crippen molar-refractivity contribution in [1.82, 2.24) is 15.0 Å². The summed E-state index contributed by atoms with van der Waals surface area (Å²) < 4.78 is 13.1. The van der Waals surface area contributed by atoms with Gasteiger partial charge in [0.05, 0.1) is 5.52 Å². The van der Waals surface area contributed by atoms with E-state index in [1.807, 2.05) is 6.92 Å². The highest BCUT2D eigenvalue weighted by Gasteiger charge is 2.20. The van der Waals surface area contributed by atoms with Crippen molar-refractivity contribution in [1.29, 1.82) is 0 Å². The maximum absolute atomic E-state index is 13.1. The molecule has 0 aliphatic heterocycles. The maximum Gasteiger partial charge on any atom is 0.178 e. The second-order valence-electron chi connectivity index (χ2n) is 6.48. The number of halogens is 1. The molecule has 0 saturated heterocycles. The van der Waals surface area contributed by atoms with E-state index in [1.54, 1.807) is 12.1 Å².